The third kappa shape index (κ3) is 4.86. The van der Waals surface area contributed by atoms with Gasteiger partial charge in [0.1, 0.15) is 5.92 Å². The van der Waals surface area contributed by atoms with E-state index in [0.29, 0.717) is 11.5 Å². The fraction of sp³-hybridized carbons (Fsp3) is 0.200. The highest BCUT2D eigenvalue weighted by Gasteiger charge is 2.27. The molecular weight excluding hydrogens is 394 g/mol. The van der Waals surface area contributed by atoms with E-state index in [4.69, 9.17) is 14.2 Å². The number of carbonyl (C=O) groups excluding carboxylic acids is 2. The molecule has 0 aromatic heterocycles. The lowest BCUT2D eigenvalue weighted by Crippen LogP contribution is -2.36. The largest absolute Gasteiger partial charge is 0.454 e. The van der Waals surface area contributed by atoms with Crippen LogP contribution in [0.5, 0.6) is 11.5 Å². The van der Waals surface area contributed by atoms with E-state index in [0.717, 1.165) is 16.7 Å². The van der Waals surface area contributed by atoms with E-state index in [2.05, 4.69) is 5.32 Å². The van der Waals surface area contributed by atoms with Crippen molar-refractivity contribution in [2.24, 2.45) is 0 Å². The van der Waals surface area contributed by atoms with Crippen LogP contribution in [0.25, 0.3) is 0 Å². The second-order valence-corrected chi connectivity index (χ2v) is 7.24. The summed E-state index contributed by atoms with van der Waals surface area (Å²) in [5, 5.41) is 2.80. The Balaban J connectivity index is 1.40. The molecule has 0 saturated carbocycles. The molecule has 4 rings (SSSR count). The van der Waals surface area contributed by atoms with Gasteiger partial charge in [-0.2, -0.15) is 0 Å². The van der Waals surface area contributed by atoms with Crippen molar-refractivity contribution in [3.05, 3.63) is 95.6 Å². The monoisotopic (exact) mass is 417 g/mol. The summed E-state index contributed by atoms with van der Waals surface area (Å²) in [6, 6.07) is 24.3. The van der Waals surface area contributed by atoms with E-state index in [1.165, 1.54) is 0 Å². The van der Waals surface area contributed by atoms with Crippen LogP contribution in [0.1, 0.15) is 29.5 Å². The Labute approximate surface area is 180 Å². The molecule has 0 saturated heterocycles. The van der Waals surface area contributed by atoms with Crippen molar-refractivity contribution in [3.63, 3.8) is 0 Å². The van der Waals surface area contributed by atoms with Gasteiger partial charge in [-0.05, 0) is 35.7 Å². The number of benzene rings is 3. The van der Waals surface area contributed by atoms with Crippen molar-refractivity contribution in [1.29, 1.82) is 0 Å². The predicted octanol–water partition coefficient (Wildman–Crippen LogP) is 3.80. The zero-order valence-corrected chi connectivity index (χ0v) is 17.1. The summed E-state index contributed by atoms with van der Waals surface area (Å²) in [7, 11) is 0. The highest BCUT2D eigenvalue weighted by atomic mass is 16.7. The van der Waals surface area contributed by atoms with Crippen LogP contribution in [0.2, 0.25) is 0 Å². The van der Waals surface area contributed by atoms with Crippen molar-refractivity contribution in [2.75, 3.05) is 6.79 Å². The van der Waals surface area contributed by atoms with Crippen LogP contribution in [0.3, 0.4) is 0 Å². The normalized spacial score (nSPS) is 13.0. The van der Waals surface area contributed by atoms with Gasteiger partial charge in [-0.3, -0.25) is 9.59 Å². The summed E-state index contributed by atoms with van der Waals surface area (Å²) in [6.07, 6.45) is -0.934. The van der Waals surface area contributed by atoms with Crippen LogP contribution in [-0.4, -0.2) is 24.8 Å². The highest BCUT2D eigenvalue weighted by Crippen LogP contribution is 2.32. The molecule has 0 aliphatic carbocycles. The third-order valence-corrected chi connectivity index (χ3v) is 5.07. The smallest absolute Gasteiger partial charge is 0.318 e. The Morgan fingerprint density at radius 3 is 2.16 bits per heavy atom. The van der Waals surface area contributed by atoms with E-state index >= 15 is 0 Å². The molecule has 1 aliphatic heterocycles. The Morgan fingerprint density at radius 2 is 1.52 bits per heavy atom. The summed E-state index contributed by atoms with van der Waals surface area (Å²) >= 11 is 0. The average molecular weight is 417 g/mol. The van der Waals surface area contributed by atoms with Crippen LogP contribution in [0.4, 0.5) is 0 Å². The van der Waals surface area contributed by atoms with E-state index in [-0.39, 0.29) is 19.2 Å². The van der Waals surface area contributed by atoms with Gasteiger partial charge < -0.3 is 19.5 Å². The van der Waals surface area contributed by atoms with Crippen molar-refractivity contribution in [1.82, 2.24) is 5.32 Å². The molecule has 6 nitrogen and oxygen atoms in total. The molecule has 31 heavy (non-hydrogen) atoms. The minimum Gasteiger partial charge on any atom is -0.454 e. The fourth-order valence-corrected chi connectivity index (χ4v) is 3.44. The van der Waals surface area contributed by atoms with E-state index in [1.54, 1.807) is 13.0 Å². The van der Waals surface area contributed by atoms with Crippen LogP contribution < -0.4 is 14.8 Å². The second-order valence-electron chi connectivity index (χ2n) is 7.24. The Bertz CT molecular complexity index is 1010. The number of hydrogen-bond donors (Lipinski definition) is 1. The van der Waals surface area contributed by atoms with Gasteiger partial charge in [0.05, 0.1) is 0 Å². The number of esters is 1. The first-order valence-corrected chi connectivity index (χ1v) is 10.1. The zero-order valence-electron chi connectivity index (χ0n) is 17.1. The van der Waals surface area contributed by atoms with E-state index in [9.17, 15) is 9.59 Å². The van der Waals surface area contributed by atoms with Gasteiger partial charge in [0.2, 0.25) is 6.79 Å². The van der Waals surface area contributed by atoms with Crippen LogP contribution >= 0.6 is 0 Å². The van der Waals surface area contributed by atoms with Crippen molar-refractivity contribution in [3.8, 4) is 11.5 Å². The molecule has 1 heterocycles. The standard InChI is InChI=1S/C25H23NO5/c1-17(24(27)26-15-18-12-13-21-22(14-18)30-16-29-21)31-25(28)23(19-8-4-2-5-9-19)20-10-6-3-7-11-20/h2-14,17,23H,15-16H2,1H3,(H,26,27). The number of nitrogens with one attached hydrogen (secondary N) is 1. The van der Waals surface area contributed by atoms with Gasteiger partial charge in [0, 0.05) is 6.54 Å². The first-order chi connectivity index (χ1) is 15.1. The van der Waals surface area contributed by atoms with E-state index in [1.807, 2.05) is 72.8 Å². The zero-order chi connectivity index (χ0) is 21.6. The Kier molecular flexibility index (Phi) is 6.17. The lowest BCUT2D eigenvalue weighted by molar-refractivity contribution is -0.155. The molecule has 0 fully saturated rings. The fourth-order valence-electron chi connectivity index (χ4n) is 3.44. The molecule has 3 aromatic rings. The number of fused-ring (bicyclic) bond motifs is 1. The second kappa shape index (κ2) is 9.34. The molecular formula is C25H23NO5. The molecule has 1 amide bonds. The number of carbonyl (C=O) groups is 2. The van der Waals surface area contributed by atoms with E-state index < -0.39 is 18.0 Å². The van der Waals surface area contributed by atoms with Crippen LogP contribution in [0.15, 0.2) is 78.9 Å². The van der Waals surface area contributed by atoms with Gasteiger partial charge in [-0.15, -0.1) is 0 Å². The number of rotatable bonds is 7. The maximum absolute atomic E-state index is 13.0. The van der Waals surface area contributed by atoms with Crippen LogP contribution in [-0.2, 0) is 20.9 Å². The number of ether oxygens (including phenoxy) is 3. The molecule has 1 aliphatic rings. The molecule has 0 radical (unpaired) electrons. The summed E-state index contributed by atoms with van der Waals surface area (Å²) in [4.78, 5) is 25.6. The van der Waals surface area contributed by atoms with Gasteiger partial charge in [0.25, 0.3) is 5.91 Å². The molecule has 6 heteroatoms. The number of hydrogen-bond acceptors (Lipinski definition) is 5. The molecule has 1 N–H and O–H groups in total. The summed E-state index contributed by atoms with van der Waals surface area (Å²) in [5.41, 5.74) is 2.49. The van der Waals surface area contributed by atoms with Gasteiger partial charge in [0.15, 0.2) is 17.6 Å². The third-order valence-electron chi connectivity index (χ3n) is 5.07. The number of amides is 1. The van der Waals surface area contributed by atoms with Crippen molar-refractivity contribution in [2.45, 2.75) is 25.5 Å². The maximum Gasteiger partial charge on any atom is 0.318 e. The topological polar surface area (TPSA) is 73.9 Å². The first kappa shape index (κ1) is 20.5. The summed E-state index contributed by atoms with van der Waals surface area (Å²) in [5.74, 6) is -0.106. The predicted molar refractivity (Wildman–Crippen MR) is 115 cm³/mol. The molecule has 1 atom stereocenters. The highest BCUT2D eigenvalue weighted by molar-refractivity contribution is 5.87. The minimum atomic E-state index is -0.934. The SMILES string of the molecule is CC(OC(=O)C(c1ccccc1)c1ccccc1)C(=O)NCc1ccc2c(c1)OCO2. The van der Waals surface area contributed by atoms with Gasteiger partial charge in [-0.25, -0.2) is 0 Å². The Hall–Kier alpha value is -3.80. The minimum absolute atomic E-state index is 0.197. The molecule has 3 aromatic carbocycles. The van der Waals surface area contributed by atoms with Crippen LogP contribution in [0, 0.1) is 0 Å². The van der Waals surface area contributed by atoms with Gasteiger partial charge in [-0.1, -0.05) is 66.7 Å². The quantitative estimate of drug-likeness (QED) is 0.592. The first-order valence-electron chi connectivity index (χ1n) is 10.1. The van der Waals surface area contributed by atoms with Crippen molar-refractivity contribution >= 4 is 11.9 Å². The van der Waals surface area contributed by atoms with Gasteiger partial charge >= 0.3 is 5.97 Å². The average Bonchev–Trinajstić information content (AvgIpc) is 3.27. The molecule has 0 bridgehead atoms. The molecule has 0 spiro atoms. The maximum atomic E-state index is 13.0. The summed E-state index contributed by atoms with van der Waals surface area (Å²) < 4.78 is 16.2. The molecule has 1 unspecified atom stereocenters. The van der Waals surface area contributed by atoms with Crippen molar-refractivity contribution < 1.29 is 23.8 Å². The molecule has 158 valence electrons. The Morgan fingerprint density at radius 1 is 0.903 bits per heavy atom. The summed E-state index contributed by atoms with van der Waals surface area (Å²) in [6.45, 7) is 2.06. The lowest BCUT2D eigenvalue weighted by atomic mass is 9.91. The lowest BCUT2D eigenvalue weighted by Gasteiger charge is -2.20.